The lowest BCUT2D eigenvalue weighted by Crippen LogP contribution is -2.24. The molecule has 5 amide bonds. The summed E-state index contributed by atoms with van der Waals surface area (Å²) in [5.41, 5.74) is 5.19. The molecule has 0 aliphatic rings. The van der Waals surface area contributed by atoms with Gasteiger partial charge in [0.2, 0.25) is 23.8 Å². The molecule has 0 aliphatic carbocycles. The Morgan fingerprint density at radius 3 is 1.66 bits per heavy atom. The fraction of sp³-hybridized carbons (Fsp3) is 0.100. The first-order chi connectivity index (χ1) is 21.2. The van der Waals surface area contributed by atoms with E-state index in [2.05, 4.69) is 51.8 Å². The maximum Gasteiger partial charge on any atom is 0.326 e. The molecule has 5 aromatic rings. The van der Waals surface area contributed by atoms with Gasteiger partial charge in [-0.2, -0.15) is 15.0 Å². The zero-order chi connectivity index (χ0) is 31.1. The second-order valence-corrected chi connectivity index (χ2v) is 10.4. The summed E-state index contributed by atoms with van der Waals surface area (Å²) in [6, 6.07) is 20.7. The highest BCUT2D eigenvalue weighted by Gasteiger charge is 2.15. The third-order valence-corrected chi connectivity index (χ3v) is 6.85. The number of rotatable bonds is 8. The number of aromatic nitrogens is 4. The van der Waals surface area contributed by atoms with Crippen LogP contribution in [0.2, 0.25) is 0 Å². The van der Waals surface area contributed by atoms with E-state index >= 15 is 0 Å². The molecule has 222 valence electrons. The number of benzene rings is 3. The predicted octanol–water partition coefficient (Wildman–Crippen LogP) is 6.60. The van der Waals surface area contributed by atoms with Crippen LogP contribution in [0, 0.1) is 13.8 Å². The number of nitrogens with zero attached hydrogens (tertiary/aromatic N) is 4. The smallest absolute Gasteiger partial charge is 0.326 e. The van der Waals surface area contributed by atoms with Gasteiger partial charge < -0.3 is 16.0 Å². The number of aryl methyl sites for hydroxylation is 2. The number of urea groups is 2. The molecule has 0 fully saturated rings. The minimum absolute atomic E-state index is 0.0410. The number of carbonyl (C=O) groups is 3. The average Bonchev–Trinajstić information content (AvgIpc) is 3.44. The van der Waals surface area contributed by atoms with Crippen LogP contribution in [0.25, 0.3) is 11.3 Å². The van der Waals surface area contributed by atoms with Gasteiger partial charge in [0, 0.05) is 34.9 Å². The second-order valence-electron chi connectivity index (χ2n) is 9.52. The third kappa shape index (κ3) is 7.89. The van der Waals surface area contributed by atoms with E-state index in [9.17, 15) is 14.4 Å². The SMILES string of the molecule is CC(=O)Nc1ccc(-c2csc(Nc3nc(NC(=O)Nc4ccccc4C)nc(NC(=O)Nc4ccccc4C)n3)n2)cc1. The first-order valence-corrected chi connectivity index (χ1v) is 14.2. The molecular formula is C30H28N10O3S. The van der Waals surface area contributed by atoms with Crippen molar-refractivity contribution in [3.8, 4) is 11.3 Å². The van der Waals surface area contributed by atoms with Crippen molar-refractivity contribution >= 4 is 69.3 Å². The molecular weight excluding hydrogens is 580 g/mol. The van der Waals surface area contributed by atoms with Gasteiger partial charge in [0.05, 0.1) is 5.69 Å². The zero-order valence-corrected chi connectivity index (χ0v) is 24.7. The largest absolute Gasteiger partial charge is 0.326 e. The highest BCUT2D eigenvalue weighted by molar-refractivity contribution is 7.14. The Labute approximate surface area is 256 Å². The molecule has 13 nitrogen and oxygen atoms in total. The molecule has 2 aromatic heterocycles. The van der Waals surface area contributed by atoms with Gasteiger partial charge in [-0.05, 0) is 49.2 Å². The van der Waals surface area contributed by atoms with Crippen LogP contribution >= 0.6 is 11.3 Å². The predicted molar refractivity (Wildman–Crippen MR) is 173 cm³/mol. The van der Waals surface area contributed by atoms with Crippen molar-refractivity contribution in [3.05, 3.63) is 89.3 Å². The topological polar surface area (TPSA) is 175 Å². The van der Waals surface area contributed by atoms with Gasteiger partial charge in [0.15, 0.2) is 5.13 Å². The van der Waals surface area contributed by atoms with Crippen LogP contribution in [-0.4, -0.2) is 37.9 Å². The molecule has 0 bridgehead atoms. The van der Waals surface area contributed by atoms with E-state index in [0.717, 1.165) is 16.7 Å². The Morgan fingerprint density at radius 1 is 0.614 bits per heavy atom. The Bertz CT molecular complexity index is 1740. The number of hydrogen-bond donors (Lipinski definition) is 6. The van der Waals surface area contributed by atoms with Crippen molar-refractivity contribution < 1.29 is 14.4 Å². The molecule has 0 saturated heterocycles. The molecule has 3 aromatic carbocycles. The van der Waals surface area contributed by atoms with Crippen LogP contribution in [0.3, 0.4) is 0 Å². The van der Waals surface area contributed by atoms with Crippen molar-refractivity contribution in [1.82, 2.24) is 19.9 Å². The van der Waals surface area contributed by atoms with Crippen LogP contribution in [0.15, 0.2) is 78.2 Å². The Hall–Kier alpha value is -5.89. The number of carbonyl (C=O) groups excluding carboxylic acids is 3. The first-order valence-electron chi connectivity index (χ1n) is 13.4. The molecule has 0 spiro atoms. The van der Waals surface area contributed by atoms with E-state index in [1.165, 1.54) is 18.3 Å². The monoisotopic (exact) mass is 608 g/mol. The summed E-state index contributed by atoms with van der Waals surface area (Å²) in [4.78, 5) is 54.3. The standard InChI is InChI=1S/C30H28N10O3S/c1-17-8-4-6-10-22(17)32-28(42)38-25-35-26(39-29(43)33-23-11-7-5-9-18(23)2)37-27(36-25)40-30-34-24(16-44-30)20-12-14-21(15-13-20)31-19(3)41/h4-16H,1-3H3,(H,31,41)(H5,32,33,34,35,36,37,38,39,40,42,43). The molecule has 0 radical (unpaired) electrons. The van der Waals surface area contributed by atoms with Gasteiger partial charge in [0.25, 0.3) is 0 Å². The number of amides is 5. The molecule has 0 saturated carbocycles. The minimum Gasteiger partial charge on any atom is -0.326 e. The van der Waals surface area contributed by atoms with E-state index in [1.54, 1.807) is 24.3 Å². The van der Waals surface area contributed by atoms with Gasteiger partial charge in [-0.15, -0.1) is 11.3 Å². The van der Waals surface area contributed by atoms with E-state index < -0.39 is 12.1 Å². The van der Waals surface area contributed by atoms with Crippen molar-refractivity contribution in [2.24, 2.45) is 0 Å². The lowest BCUT2D eigenvalue weighted by molar-refractivity contribution is -0.114. The van der Waals surface area contributed by atoms with E-state index in [-0.39, 0.29) is 23.8 Å². The molecule has 5 rings (SSSR count). The van der Waals surface area contributed by atoms with Crippen LogP contribution in [0.1, 0.15) is 18.1 Å². The summed E-state index contributed by atoms with van der Waals surface area (Å²) in [6.07, 6.45) is 0. The maximum atomic E-state index is 12.8. The van der Waals surface area contributed by atoms with Crippen LogP contribution in [0.5, 0.6) is 0 Å². The molecule has 44 heavy (non-hydrogen) atoms. The van der Waals surface area contributed by atoms with Gasteiger partial charge in [-0.1, -0.05) is 48.5 Å². The molecule has 0 unspecified atom stereocenters. The van der Waals surface area contributed by atoms with Crippen molar-refractivity contribution in [2.45, 2.75) is 20.8 Å². The third-order valence-electron chi connectivity index (χ3n) is 6.10. The maximum absolute atomic E-state index is 12.8. The van der Waals surface area contributed by atoms with E-state index in [0.29, 0.717) is 27.9 Å². The molecule has 0 atom stereocenters. The highest BCUT2D eigenvalue weighted by Crippen LogP contribution is 2.28. The lowest BCUT2D eigenvalue weighted by Gasteiger charge is -2.12. The second kappa shape index (κ2) is 13.4. The molecule has 6 N–H and O–H groups in total. The summed E-state index contributed by atoms with van der Waals surface area (Å²) in [6.45, 7) is 5.19. The normalized spacial score (nSPS) is 10.4. The van der Waals surface area contributed by atoms with Crippen molar-refractivity contribution in [2.75, 3.05) is 31.9 Å². The summed E-state index contributed by atoms with van der Waals surface area (Å²) in [5, 5.41) is 18.8. The summed E-state index contributed by atoms with van der Waals surface area (Å²) in [5.74, 6) is -0.326. The zero-order valence-electron chi connectivity index (χ0n) is 23.9. The fourth-order valence-electron chi connectivity index (χ4n) is 3.97. The van der Waals surface area contributed by atoms with Crippen LogP contribution < -0.4 is 31.9 Å². The molecule has 14 heteroatoms. The number of nitrogens with one attached hydrogen (secondary N) is 6. The fourth-order valence-corrected chi connectivity index (χ4v) is 4.68. The Morgan fingerprint density at radius 2 is 1.14 bits per heavy atom. The highest BCUT2D eigenvalue weighted by atomic mass is 32.1. The van der Waals surface area contributed by atoms with Gasteiger partial charge in [-0.25, -0.2) is 14.6 Å². The summed E-state index contributed by atoms with van der Waals surface area (Å²) < 4.78 is 0. The number of anilines is 7. The summed E-state index contributed by atoms with van der Waals surface area (Å²) in [7, 11) is 0. The van der Waals surface area contributed by atoms with Gasteiger partial charge in [-0.3, -0.25) is 20.7 Å². The quantitative estimate of drug-likeness (QED) is 0.114. The van der Waals surface area contributed by atoms with Crippen LogP contribution in [-0.2, 0) is 4.79 Å². The van der Waals surface area contributed by atoms with Gasteiger partial charge >= 0.3 is 12.1 Å². The number of hydrogen-bond acceptors (Lipinski definition) is 9. The number of para-hydroxylation sites is 2. The number of thiazole rings is 1. The van der Waals surface area contributed by atoms with E-state index in [1.807, 2.05) is 67.8 Å². The van der Waals surface area contributed by atoms with Crippen molar-refractivity contribution in [3.63, 3.8) is 0 Å². The molecule has 0 aliphatic heterocycles. The minimum atomic E-state index is -0.578. The van der Waals surface area contributed by atoms with Gasteiger partial charge in [0.1, 0.15) is 0 Å². The van der Waals surface area contributed by atoms with Crippen LogP contribution in [0.4, 0.5) is 49.6 Å². The molecule has 2 heterocycles. The summed E-state index contributed by atoms with van der Waals surface area (Å²) >= 11 is 1.31. The lowest BCUT2D eigenvalue weighted by atomic mass is 10.1. The van der Waals surface area contributed by atoms with E-state index in [4.69, 9.17) is 0 Å². The Balaban J connectivity index is 1.35. The Kier molecular flexibility index (Phi) is 9.01. The average molecular weight is 609 g/mol. The van der Waals surface area contributed by atoms with Crippen molar-refractivity contribution in [1.29, 1.82) is 0 Å². The first kappa shape index (κ1) is 29.6.